The highest BCUT2D eigenvalue weighted by Gasteiger charge is 2.15. The van der Waals surface area contributed by atoms with Crippen molar-refractivity contribution in [1.82, 2.24) is 4.90 Å². The largest absolute Gasteiger partial charge is 0.393 e. The Kier molecular flexibility index (Phi) is 6.42. The van der Waals surface area contributed by atoms with Gasteiger partial charge in [-0.2, -0.15) is 0 Å². The van der Waals surface area contributed by atoms with E-state index in [1.807, 2.05) is 0 Å². The number of carbonyl (C=O) groups is 1. The first kappa shape index (κ1) is 15.6. The molecule has 19 heavy (non-hydrogen) atoms. The summed E-state index contributed by atoms with van der Waals surface area (Å²) in [7, 11) is 0. The molecule has 0 aliphatic rings. The van der Waals surface area contributed by atoms with Crippen molar-refractivity contribution in [3.63, 3.8) is 0 Å². The number of rotatable bonds is 7. The van der Waals surface area contributed by atoms with Gasteiger partial charge in [-0.15, -0.1) is 0 Å². The Bertz CT molecular complexity index is 434. The summed E-state index contributed by atoms with van der Waals surface area (Å²) < 4.78 is 12.8. The predicted molar refractivity (Wildman–Crippen MR) is 78.6 cm³/mol. The zero-order valence-corrected chi connectivity index (χ0v) is 11.9. The molecule has 1 amide bonds. The van der Waals surface area contributed by atoms with Crippen molar-refractivity contribution in [3.8, 4) is 0 Å². The smallest absolute Gasteiger partial charge is 0.253 e. The van der Waals surface area contributed by atoms with Crippen LogP contribution < -0.4 is 5.73 Å². The van der Waals surface area contributed by atoms with E-state index in [2.05, 4.69) is 6.92 Å². The first-order valence-electron chi connectivity index (χ1n) is 6.37. The van der Waals surface area contributed by atoms with Gasteiger partial charge in [-0.1, -0.05) is 25.6 Å². The molecule has 0 unspecified atom stereocenters. The van der Waals surface area contributed by atoms with Gasteiger partial charge in [-0.25, -0.2) is 4.39 Å². The van der Waals surface area contributed by atoms with Gasteiger partial charge in [-0.05, 0) is 30.7 Å². The summed E-state index contributed by atoms with van der Waals surface area (Å²) in [5.74, 6) is -0.454. The third kappa shape index (κ3) is 5.34. The lowest BCUT2D eigenvalue weighted by atomic mass is 10.1. The number of hydrogen-bond acceptors (Lipinski definition) is 2. The fraction of sp³-hybridized carbons (Fsp3) is 0.429. The number of halogens is 1. The Hall–Kier alpha value is -1.49. The van der Waals surface area contributed by atoms with Gasteiger partial charge in [0.15, 0.2) is 0 Å². The summed E-state index contributed by atoms with van der Waals surface area (Å²) in [5, 5.41) is 0. The number of carbonyl (C=O) groups excluding carboxylic acids is 1. The van der Waals surface area contributed by atoms with Gasteiger partial charge in [0, 0.05) is 25.1 Å². The molecule has 104 valence electrons. The third-order valence-corrected chi connectivity index (χ3v) is 2.99. The average Bonchev–Trinajstić information content (AvgIpc) is 2.39. The number of hydrogen-bond donors (Lipinski definition) is 1. The summed E-state index contributed by atoms with van der Waals surface area (Å²) in [6.07, 6.45) is 2.43. The number of benzene rings is 1. The molecule has 0 radical (unpaired) electrons. The Morgan fingerprint density at radius 3 is 2.47 bits per heavy atom. The van der Waals surface area contributed by atoms with Gasteiger partial charge in [-0.3, -0.25) is 4.79 Å². The number of thiocarbonyl (C=S) groups is 1. The zero-order valence-electron chi connectivity index (χ0n) is 11.1. The minimum Gasteiger partial charge on any atom is -0.393 e. The summed E-state index contributed by atoms with van der Waals surface area (Å²) in [5.41, 5.74) is 5.96. The third-order valence-electron chi connectivity index (χ3n) is 2.79. The number of nitrogens with two attached hydrogens (primary N) is 1. The molecule has 0 heterocycles. The van der Waals surface area contributed by atoms with Crippen molar-refractivity contribution >= 4 is 23.1 Å². The summed E-state index contributed by atoms with van der Waals surface area (Å²) in [6, 6.07) is 5.58. The summed E-state index contributed by atoms with van der Waals surface area (Å²) in [4.78, 5) is 14.4. The van der Waals surface area contributed by atoms with E-state index >= 15 is 0 Å². The summed E-state index contributed by atoms with van der Waals surface area (Å²) in [6.45, 7) is 3.23. The van der Waals surface area contributed by atoms with Crippen LogP contribution in [0.4, 0.5) is 4.39 Å². The molecule has 0 aliphatic carbocycles. The van der Waals surface area contributed by atoms with Crippen LogP contribution in [0.15, 0.2) is 24.3 Å². The highest BCUT2D eigenvalue weighted by molar-refractivity contribution is 7.80. The van der Waals surface area contributed by atoms with Gasteiger partial charge >= 0.3 is 0 Å². The Labute approximate surface area is 118 Å². The maximum Gasteiger partial charge on any atom is 0.253 e. The van der Waals surface area contributed by atoms with Crippen molar-refractivity contribution in [3.05, 3.63) is 35.6 Å². The zero-order chi connectivity index (χ0) is 14.3. The first-order valence-corrected chi connectivity index (χ1v) is 6.78. The lowest BCUT2D eigenvalue weighted by Crippen LogP contribution is -2.34. The lowest BCUT2D eigenvalue weighted by molar-refractivity contribution is 0.0758. The van der Waals surface area contributed by atoms with Gasteiger partial charge in [0.2, 0.25) is 0 Å². The average molecular weight is 282 g/mol. The molecule has 0 aliphatic heterocycles. The van der Waals surface area contributed by atoms with E-state index in [9.17, 15) is 9.18 Å². The van der Waals surface area contributed by atoms with E-state index in [4.69, 9.17) is 18.0 Å². The second-order valence-corrected chi connectivity index (χ2v) is 4.89. The molecule has 0 bridgehead atoms. The molecule has 0 atom stereocenters. The van der Waals surface area contributed by atoms with Crippen molar-refractivity contribution in [1.29, 1.82) is 0 Å². The maximum absolute atomic E-state index is 12.8. The van der Waals surface area contributed by atoms with Gasteiger partial charge < -0.3 is 10.6 Å². The molecule has 0 aromatic heterocycles. The first-order chi connectivity index (χ1) is 9.04. The van der Waals surface area contributed by atoms with E-state index in [1.165, 1.54) is 24.3 Å². The summed E-state index contributed by atoms with van der Waals surface area (Å²) >= 11 is 4.84. The molecule has 1 aromatic carbocycles. The van der Waals surface area contributed by atoms with Crippen molar-refractivity contribution in [2.45, 2.75) is 26.2 Å². The molecular formula is C14H19FN2OS. The van der Waals surface area contributed by atoms with Crippen LogP contribution in [0.1, 0.15) is 36.5 Å². The van der Waals surface area contributed by atoms with E-state index in [-0.39, 0.29) is 11.7 Å². The predicted octanol–water partition coefficient (Wildman–Crippen LogP) is 2.74. The number of unbranched alkanes of at least 4 members (excludes halogenated alkanes) is 1. The Morgan fingerprint density at radius 2 is 1.95 bits per heavy atom. The molecule has 3 nitrogen and oxygen atoms in total. The van der Waals surface area contributed by atoms with Crippen LogP contribution in [0.5, 0.6) is 0 Å². The van der Waals surface area contributed by atoms with Gasteiger partial charge in [0.25, 0.3) is 5.91 Å². The monoisotopic (exact) mass is 282 g/mol. The van der Waals surface area contributed by atoms with Crippen LogP contribution in [0.2, 0.25) is 0 Å². The molecule has 0 spiro atoms. The fourth-order valence-corrected chi connectivity index (χ4v) is 1.78. The van der Waals surface area contributed by atoms with E-state index in [1.54, 1.807) is 4.90 Å². The molecule has 1 rings (SSSR count). The van der Waals surface area contributed by atoms with Crippen molar-refractivity contribution < 1.29 is 9.18 Å². The van der Waals surface area contributed by atoms with E-state index in [0.717, 1.165) is 12.8 Å². The molecule has 0 saturated carbocycles. The Balaban J connectivity index is 2.74. The highest BCUT2D eigenvalue weighted by Crippen LogP contribution is 2.09. The minimum absolute atomic E-state index is 0.107. The molecular weight excluding hydrogens is 263 g/mol. The van der Waals surface area contributed by atoms with Gasteiger partial charge in [0.1, 0.15) is 5.82 Å². The van der Waals surface area contributed by atoms with Crippen LogP contribution in [-0.2, 0) is 0 Å². The quantitative estimate of drug-likeness (QED) is 0.782. The van der Waals surface area contributed by atoms with Crippen LogP contribution in [0.25, 0.3) is 0 Å². The highest BCUT2D eigenvalue weighted by atomic mass is 32.1. The second-order valence-electron chi connectivity index (χ2n) is 4.37. The minimum atomic E-state index is -0.347. The topological polar surface area (TPSA) is 46.3 Å². The molecule has 0 fully saturated rings. The molecule has 1 aromatic rings. The van der Waals surface area contributed by atoms with Crippen LogP contribution in [-0.4, -0.2) is 28.9 Å². The van der Waals surface area contributed by atoms with Crippen molar-refractivity contribution in [2.24, 2.45) is 5.73 Å². The van der Waals surface area contributed by atoms with Crippen LogP contribution >= 0.6 is 12.2 Å². The Morgan fingerprint density at radius 1 is 1.32 bits per heavy atom. The number of nitrogens with zero attached hydrogens (tertiary/aromatic N) is 1. The SMILES string of the molecule is CCCCN(CCC(N)=S)C(=O)c1ccc(F)cc1. The van der Waals surface area contributed by atoms with E-state index < -0.39 is 0 Å². The molecule has 0 saturated heterocycles. The van der Waals surface area contributed by atoms with Gasteiger partial charge in [0.05, 0.1) is 4.99 Å². The second kappa shape index (κ2) is 7.84. The van der Waals surface area contributed by atoms with E-state index in [0.29, 0.717) is 30.1 Å². The maximum atomic E-state index is 12.8. The van der Waals surface area contributed by atoms with Crippen molar-refractivity contribution in [2.75, 3.05) is 13.1 Å². The lowest BCUT2D eigenvalue weighted by Gasteiger charge is -2.22. The fourth-order valence-electron chi connectivity index (χ4n) is 1.68. The normalized spacial score (nSPS) is 10.2. The molecule has 5 heteroatoms. The standard InChI is InChI=1S/C14H19FN2OS/c1-2-3-9-17(10-8-13(16)19)14(18)11-4-6-12(15)7-5-11/h4-7H,2-3,8-10H2,1H3,(H2,16,19). The number of amides is 1. The van der Waals surface area contributed by atoms with Crippen LogP contribution in [0, 0.1) is 5.82 Å². The van der Waals surface area contributed by atoms with Crippen LogP contribution in [0.3, 0.4) is 0 Å². The molecule has 2 N–H and O–H groups in total.